The van der Waals surface area contributed by atoms with Crippen molar-refractivity contribution in [3.05, 3.63) is 71.5 Å². The topological polar surface area (TPSA) is 76.4 Å². The number of amides is 1. The van der Waals surface area contributed by atoms with Crippen LogP contribution in [0.25, 0.3) is 0 Å². The van der Waals surface area contributed by atoms with Gasteiger partial charge in [-0.25, -0.2) is 4.68 Å². The summed E-state index contributed by atoms with van der Waals surface area (Å²) in [6.07, 6.45) is 1.50. The molecule has 0 aliphatic carbocycles. The van der Waals surface area contributed by atoms with E-state index in [1.54, 1.807) is 48.5 Å². The number of carbonyl (C=O) groups excluding carboxylic acids is 1. The molecule has 0 spiro atoms. The van der Waals surface area contributed by atoms with E-state index >= 15 is 0 Å². The number of nitrogens with zero attached hydrogens (tertiary/aromatic N) is 2. The van der Waals surface area contributed by atoms with Gasteiger partial charge in [-0.3, -0.25) is 4.79 Å². The van der Waals surface area contributed by atoms with Gasteiger partial charge in [0.05, 0.1) is 5.69 Å². The fraction of sp³-hybridized carbons (Fsp3) is 0.0588. The van der Waals surface area contributed by atoms with E-state index in [1.165, 1.54) is 16.9 Å². The van der Waals surface area contributed by atoms with E-state index in [1.807, 2.05) is 0 Å². The highest BCUT2D eigenvalue weighted by Crippen LogP contribution is 2.22. The summed E-state index contributed by atoms with van der Waals surface area (Å²) in [5, 5.41) is 17.1. The number of nitrogens with one attached hydrogen (secondary N) is 1. The number of aromatic hydroxyl groups is 1. The van der Waals surface area contributed by atoms with Crippen molar-refractivity contribution in [3.8, 4) is 11.5 Å². The molecule has 1 amide bonds. The number of ether oxygens (including phenoxy) is 1. The number of phenolic OH excluding ortho intramolecular Hbond substituents is 1. The van der Waals surface area contributed by atoms with Gasteiger partial charge in [-0.15, -0.1) is 0 Å². The Kier molecular flexibility index (Phi) is 4.67. The number of phenols is 1. The summed E-state index contributed by atoms with van der Waals surface area (Å²) >= 11 is 5.82. The van der Waals surface area contributed by atoms with Gasteiger partial charge in [0, 0.05) is 11.2 Å². The van der Waals surface area contributed by atoms with Gasteiger partial charge < -0.3 is 15.2 Å². The Labute approximate surface area is 143 Å². The van der Waals surface area contributed by atoms with Crippen LogP contribution in [0, 0.1) is 0 Å². The normalized spacial score (nSPS) is 10.4. The van der Waals surface area contributed by atoms with Crippen LogP contribution in [-0.4, -0.2) is 20.8 Å². The Morgan fingerprint density at radius 2 is 1.92 bits per heavy atom. The molecule has 7 heteroatoms. The summed E-state index contributed by atoms with van der Waals surface area (Å²) in [4.78, 5) is 12.3. The second kappa shape index (κ2) is 7.06. The van der Waals surface area contributed by atoms with Crippen LogP contribution in [0.4, 0.5) is 5.69 Å². The van der Waals surface area contributed by atoms with E-state index in [2.05, 4.69) is 10.4 Å². The zero-order valence-electron chi connectivity index (χ0n) is 12.5. The molecule has 0 fully saturated rings. The van der Waals surface area contributed by atoms with Gasteiger partial charge in [-0.1, -0.05) is 23.7 Å². The molecule has 3 aromatic rings. The first-order valence-electron chi connectivity index (χ1n) is 7.13. The maximum atomic E-state index is 12.3. The van der Waals surface area contributed by atoms with Crippen LogP contribution in [0.1, 0.15) is 10.5 Å². The summed E-state index contributed by atoms with van der Waals surface area (Å²) in [6, 6.07) is 15.0. The highest BCUT2D eigenvalue weighted by molar-refractivity contribution is 6.30. The number of aromatic nitrogens is 2. The van der Waals surface area contributed by atoms with E-state index in [-0.39, 0.29) is 12.5 Å². The fourth-order valence-electron chi connectivity index (χ4n) is 2.06. The number of rotatable bonds is 5. The molecule has 0 saturated heterocycles. The van der Waals surface area contributed by atoms with Crippen molar-refractivity contribution in [3.63, 3.8) is 0 Å². The van der Waals surface area contributed by atoms with E-state index in [9.17, 15) is 9.90 Å². The van der Waals surface area contributed by atoms with Crippen molar-refractivity contribution < 1.29 is 14.6 Å². The van der Waals surface area contributed by atoms with Crippen LogP contribution >= 0.6 is 11.6 Å². The van der Waals surface area contributed by atoms with Gasteiger partial charge in [0.2, 0.25) is 0 Å². The number of benzene rings is 2. The molecule has 122 valence electrons. The molecule has 0 atom stereocenters. The third-order valence-electron chi connectivity index (χ3n) is 3.27. The van der Waals surface area contributed by atoms with Crippen molar-refractivity contribution >= 4 is 23.2 Å². The molecule has 0 bridgehead atoms. The van der Waals surface area contributed by atoms with Crippen molar-refractivity contribution in [1.29, 1.82) is 0 Å². The van der Waals surface area contributed by atoms with Crippen LogP contribution < -0.4 is 10.1 Å². The molecule has 0 saturated carbocycles. The fourth-order valence-corrected chi connectivity index (χ4v) is 2.19. The largest absolute Gasteiger partial charge is 0.506 e. The van der Waals surface area contributed by atoms with E-state index in [0.29, 0.717) is 22.2 Å². The Morgan fingerprint density at radius 1 is 1.17 bits per heavy atom. The first-order chi connectivity index (χ1) is 11.6. The molecular weight excluding hydrogens is 330 g/mol. The average molecular weight is 344 g/mol. The van der Waals surface area contributed by atoms with Gasteiger partial charge in [-0.2, -0.15) is 5.10 Å². The lowest BCUT2D eigenvalue weighted by atomic mass is 10.3. The minimum absolute atomic E-state index is 0.00525. The molecule has 24 heavy (non-hydrogen) atoms. The van der Waals surface area contributed by atoms with Crippen molar-refractivity contribution in [2.75, 3.05) is 5.32 Å². The van der Waals surface area contributed by atoms with Crippen LogP contribution in [-0.2, 0) is 6.73 Å². The second-order valence-electron chi connectivity index (χ2n) is 4.91. The lowest BCUT2D eigenvalue weighted by molar-refractivity contribution is 0.100. The highest BCUT2D eigenvalue weighted by Gasteiger charge is 2.14. The van der Waals surface area contributed by atoms with Gasteiger partial charge in [0.25, 0.3) is 5.91 Å². The third kappa shape index (κ3) is 3.67. The van der Waals surface area contributed by atoms with Gasteiger partial charge >= 0.3 is 0 Å². The second-order valence-corrected chi connectivity index (χ2v) is 5.35. The van der Waals surface area contributed by atoms with Crippen molar-refractivity contribution in [2.45, 2.75) is 6.73 Å². The Hall–Kier alpha value is -2.99. The Bertz CT molecular complexity index is 846. The molecule has 0 unspecified atom stereocenters. The zero-order chi connectivity index (χ0) is 16.9. The molecule has 2 aromatic carbocycles. The summed E-state index contributed by atoms with van der Waals surface area (Å²) < 4.78 is 7.00. The molecule has 1 heterocycles. The maximum absolute atomic E-state index is 12.3. The minimum atomic E-state index is -0.395. The van der Waals surface area contributed by atoms with Crippen LogP contribution in [0.15, 0.2) is 60.8 Å². The first kappa shape index (κ1) is 15.9. The first-order valence-corrected chi connectivity index (χ1v) is 7.51. The molecule has 6 nitrogen and oxygen atoms in total. The Balaban J connectivity index is 1.69. The van der Waals surface area contributed by atoms with Gasteiger partial charge in [0.15, 0.2) is 6.73 Å². The van der Waals surface area contributed by atoms with Crippen LogP contribution in [0.5, 0.6) is 11.5 Å². The van der Waals surface area contributed by atoms with Crippen molar-refractivity contribution in [1.82, 2.24) is 9.78 Å². The van der Waals surface area contributed by atoms with E-state index in [4.69, 9.17) is 16.3 Å². The molecule has 3 rings (SSSR count). The summed E-state index contributed by atoms with van der Waals surface area (Å²) in [7, 11) is 0. The smallest absolute Gasteiger partial charge is 0.274 e. The number of anilines is 1. The number of hydrogen-bond acceptors (Lipinski definition) is 4. The monoisotopic (exact) mass is 343 g/mol. The maximum Gasteiger partial charge on any atom is 0.274 e. The van der Waals surface area contributed by atoms with Crippen molar-refractivity contribution in [2.24, 2.45) is 0 Å². The van der Waals surface area contributed by atoms with E-state index < -0.39 is 5.91 Å². The summed E-state index contributed by atoms with van der Waals surface area (Å²) in [6.45, 7) is 0.0676. The molecule has 1 aromatic heterocycles. The zero-order valence-corrected chi connectivity index (χ0v) is 13.3. The van der Waals surface area contributed by atoms with Gasteiger partial charge in [-0.05, 0) is 42.5 Å². The predicted molar refractivity (Wildman–Crippen MR) is 90.4 cm³/mol. The predicted octanol–water partition coefficient (Wildman–Crippen LogP) is 3.53. The van der Waals surface area contributed by atoms with Crippen LogP contribution in [0.3, 0.4) is 0 Å². The summed E-state index contributed by atoms with van der Waals surface area (Å²) in [5.74, 6) is 0.213. The molecule has 0 radical (unpaired) electrons. The van der Waals surface area contributed by atoms with E-state index in [0.717, 1.165) is 0 Å². The molecule has 0 aliphatic rings. The minimum Gasteiger partial charge on any atom is -0.506 e. The SMILES string of the molecule is O=C(Nc1ccccc1O)c1ccnn1COc1ccc(Cl)cc1. The number of para-hydroxylation sites is 2. The summed E-state index contributed by atoms with van der Waals surface area (Å²) in [5.41, 5.74) is 0.640. The number of carbonyl (C=O) groups is 1. The standard InChI is InChI=1S/C17H14ClN3O3/c18-12-5-7-13(8-6-12)24-11-21-15(9-10-19-21)17(23)20-14-3-1-2-4-16(14)22/h1-10,22H,11H2,(H,20,23). The third-order valence-corrected chi connectivity index (χ3v) is 3.52. The lowest BCUT2D eigenvalue weighted by Gasteiger charge is -2.10. The average Bonchev–Trinajstić information content (AvgIpc) is 3.05. The lowest BCUT2D eigenvalue weighted by Crippen LogP contribution is -2.19. The quantitative estimate of drug-likeness (QED) is 0.695. The Morgan fingerprint density at radius 3 is 2.67 bits per heavy atom. The molecular formula is C17H14ClN3O3. The molecule has 0 aliphatic heterocycles. The van der Waals surface area contributed by atoms with Crippen LogP contribution in [0.2, 0.25) is 5.02 Å². The number of halogens is 1. The van der Waals surface area contributed by atoms with Gasteiger partial charge in [0.1, 0.15) is 17.2 Å². The number of hydrogen-bond donors (Lipinski definition) is 2. The highest BCUT2D eigenvalue weighted by atomic mass is 35.5. The molecule has 2 N–H and O–H groups in total.